The lowest BCUT2D eigenvalue weighted by Crippen LogP contribution is -2.10. The first-order chi connectivity index (χ1) is 21.6. The second kappa shape index (κ2) is 15.5. The summed E-state index contributed by atoms with van der Waals surface area (Å²) in [7, 11) is 1.72. The predicted molar refractivity (Wildman–Crippen MR) is 169 cm³/mol. The summed E-state index contributed by atoms with van der Waals surface area (Å²) in [5, 5.41) is 38.3. The van der Waals surface area contributed by atoms with E-state index in [4.69, 9.17) is 9.47 Å². The Morgan fingerprint density at radius 1 is 1.00 bits per heavy atom. The first kappa shape index (κ1) is 32.7. The fourth-order valence-electron chi connectivity index (χ4n) is 4.44. The lowest BCUT2D eigenvalue weighted by atomic mass is 10.00. The minimum Gasteiger partial charge on any atom is -0.508 e. The number of phenols is 2. The van der Waals surface area contributed by atoms with Gasteiger partial charge in [0, 0.05) is 37.1 Å². The number of pyridine rings is 1. The van der Waals surface area contributed by atoms with Gasteiger partial charge in [0.25, 0.3) is 0 Å². The second-order valence-electron chi connectivity index (χ2n) is 10.9. The van der Waals surface area contributed by atoms with E-state index in [2.05, 4.69) is 10.3 Å². The molecule has 0 unspecified atom stereocenters. The number of aryl methyl sites for hydroxylation is 2. The van der Waals surface area contributed by atoms with E-state index >= 15 is 0 Å². The summed E-state index contributed by atoms with van der Waals surface area (Å²) in [6, 6.07) is 11.1. The molecule has 4 rings (SSSR count). The van der Waals surface area contributed by atoms with Crippen LogP contribution in [0.3, 0.4) is 0 Å². The Labute approximate surface area is 261 Å². The van der Waals surface area contributed by atoms with Gasteiger partial charge in [0.15, 0.2) is 11.5 Å². The molecule has 236 valence electrons. The Morgan fingerprint density at radius 3 is 2.53 bits per heavy atom. The van der Waals surface area contributed by atoms with Crippen LogP contribution in [0.1, 0.15) is 59.6 Å². The highest BCUT2D eigenvalue weighted by atomic mass is 16.5. The summed E-state index contributed by atoms with van der Waals surface area (Å²) < 4.78 is 15.1. The summed E-state index contributed by atoms with van der Waals surface area (Å²) in [5.74, 6) is -0.0814. The molecule has 45 heavy (non-hydrogen) atoms. The van der Waals surface area contributed by atoms with E-state index in [1.807, 2.05) is 19.9 Å². The molecule has 0 atom stereocenters. The third-order valence-electron chi connectivity index (χ3n) is 6.98. The van der Waals surface area contributed by atoms with Crippen LogP contribution in [0.2, 0.25) is 0 Å². The Morgan fingerprint density at radius 2 is 1.78 bits per heavy atom. The number of aromatic nitrogens is 4. The number of carbonyl (C=O) groups is 1. The Bertz CT molecular complexity index is 1730. The highest BCUT2D eigenvalue weighted by molar-refractivity contribution is 6.09. The van der Waals surface area contributed by atoms with Crippen LogP contribution in [-0.2, 0) is 38.0 Å². The van der Waals surface area contributed by atoms with Crippen molar-refractivity contribution in [2.45, 2.75) is 52.9 Å². The number of nitrogens with zero attached hydrogens (tertiary/aromatic N) is 4. The maximum Gasteiger partial charge on any atom is 0.223 e. The zero-order chi connectivity index (χ0) is 32.3. The number of phenolic OH excluding ortho intramolecular Hbond substituents is 2. The van der Waals surface area contributed by atoms with Gasteiger partial charge in [-0.3, -0.25) is 14.3 Å². The zero-order valence-electron chi connectivity index (χ0n) is 25.6. The SMILES string of the molecule is CC(C)=CCc1c(OCCCCn2cc(COCc3cc(=O)c(O)cn3C)nn2)ccc(C(=O)/C=C/c2ccc(O)cc2)c1O. The maximum absolute atomic E-state index is 12.9. The number of benzene rings is 2. The Balaban J connectivity index is 1.28. The van der Waals surface area contributed by atoms with Gasteiger partial charge in [0.05, 0.1) is 31.6 Å². The Hall–Kier alpha value is -5.16. The van der Waals surface area contributed by atoms with Gasteiger partial charge in [0.2, 0.25) is 5.43 Å². The number of ketones is 1. The topological polar surface area (TPSA) is 149 Å². The van der Waals surface area contributed by atoms with E-state index in [1.165, 1.54) is 18.3 Å². The minimum absolute atomic E-state index is 0.102. The highest BCUT2D eigenvalue weighted by Crippen LogP contribution is 2.33. The third kappa shape index (κ3) is 9.41. The zero-order valence-corrected chi connectivity index (χ0v) is 25.6. The lowest BCUT2D eigenvalue weighted by Gasteiger charge is -2.14. The molecule has 2 aromatic carbocycles. The van der Waals surface area contributed by atoms with Crippen LogP contribution in [0, 0.1) is 0 Å². The van der Waals surface area contributed by atoms with Gasteiger partial charge in [-0.05, 0) is 69.0 Å². The summed E-state index contributed by atoms with van der Waals surface area (Å²) in [6.07, 6.45) is 10.1. The molecule has 0 bridgehead atoms. The van der Waals surface area contributed by atoms with Gasteiger partial charge in [-0.1, -0.05) is 35.1 Å². The van der Waals surface area contributed by atoms with Gasteiger partial charge in [-0.2, -0.15) is 0 Å². The average molecular weight is 615 g/mol. The molecule has 2 heterocycles. The molecule has 0 aliphatic rings. The van der Waals surface area contributed by atoms with E-state index in [-0.39, 0.29) is 41.8 Å². The quantitative estimate of drug-likeness (QED) is 0.0722. The number of hydrogen-bond donors (Lipinski definition) is 3. The molecule has 2 aromatic heterocycles. The summed E-state index contributed by atoms with van der Waals surface area (Å²) in [4.78, 5) is 24.6. The summed E-state index contributed by atoms with van der Waals surface area (Å²) in [5.41, 5.74) is 3.40. The van der Waals surface area contributed by atoms with E-state index in [0.29, 0.717) is 42.3 Å². The fourth-order valence-corrected chi connectivity index (χ4v) is 4.44. The van der Waals surface area contributed by atoms with Gasteiger partial charge < -0.3 is 29.4 Å². The minimum atomic E-state index is -0.453. The van der Waals surface area contributed by atoms with Gasteiger partial charge in [0.1, 0.15) is 22.9 Å². The van der Waals surface area contributed by atoms with Crippen molar-refractivity contribution in [3.05, 3.63) is 111 Å². The number of rotatable bonds is 15. The third-order valence-corrected chi connectivity index (χ3v) is 6.98. The monoisotopic (exact) mass is 614 g/mol. The molecule has 11 heteroatoms. The fraction of sp³-hybridized carbons (Fsp3) is 0.294. The first-order valence-corrected chi connectivity index (χ1v) is 14.6. The lowest BCUT2D eigenvalue weighted by molar-refractivity contribution is 0.0995. The molecule has 0 radical (unpaired) electrons. The predicted octanol–water partition coefficient (Wildman–Crippen LogP) is 5.07. The van der Waals surface area contributed by atoms with Crippen molar-refractivity contribution < 1.29 is 29.6 Å². The number of allylic oxidation sites excluding steroid dienone is 3. The van der Waals surface area contributed by atoms with Gasteiger partial charge in [-0.25, -0.2) is 0 Å². The standard InChI is InChI=1S/C34H38N4O7/c1-23(2)6-12-29-33(15-13-28(34(29)43)30(40)14-9-24-7-10-27(39)11-8-24)45-17-5-4-16-38-19-25(35-36-38)21-44-22-26-18-31(41)32(42)20-37(26)3/h6-11,13-15,18-20,39,42-43H,4-5,12,16-17,21-22H2,1-3H3/b14-9+. The number of hydrogen-bond acceptors (Lipinski definition) is 9. The van der Waals surface area contributed by atoms with Crippen LogP contribution in [0.15, 0.2) is 77.4 Å². The summed E-state index contributed by atoms with van der Waals surface area (Å²) in [6.45, 7) is 5.38. The molecule has 0 fully saturated rings. The smallest absolute Gasteiger partial charge is 0.223 e. The molecule has 0 saturated heterocycles. The van der Waals surface area contributed by atoms with Crippen LogP contribution in [0.5, 0.6) is 23.0 Å². The van der Waals surface area contributed by atoms with Crippen molar-refractivity contribution in [2.75, 3.05) is 6.61 Å². The van der Waals surface area contributed by atoms with Crippen molar-refractivity contribution in [2.24, 2.45) is 7.05 Å². The molecule has 0 spiro atoms. The first-order valence-electron chi connectivity index (χ1n) is 14.6. The van der Waals surface area contributed by atoms with Crippen molar-refractivity contribution in [3.63, 3.8) is 0 Å². The number of ether oxygens (including phenoxy) is 2. The Kier molecular flexibility index (Phi) is 11.3. The average Bonchev–Trinajstić information content (AvgIpc) is 3.46. The maximum atomic E-state index is 12.9. The van der Waals surface area contributed by atoms with Crippen molar-refractivity contribution >= 4 is 11.9 Å². The van der Waals surface area contributed by atoms with E-state index < -0.39 is 5.43 Å². The van der Waals surface area contributed by atoms with Crippen LogP contribution in [0.25, 0.3) is 6.08 Å². The van der Waals surface area contributed by atoms with Gasteiger partial charge in [-0.15, -0.1) is 5.10 Å². The molecule has 0 saturated carbocycles. The molecular weight excluding hydrogens is 576 g/mol. The highest BCUT2D eigenvalue weighted by Gasteiger charge is 2.17. The number of unbranched alkanes of at least 4 members (excludes halogenated alkanes) is 1. The molecule has 0 amide bonds. The van der Waals surface area contributed by atoms with E-state index in [1.54, 1.807) is 65.0 Å². The molecule has 11 nitrogen and oxygen atoms in total. The normalized spacial score (nSPS) is 11.2. The van der Waals surface area contributed by atoms with Crippen LogP contribution in [-0.4, -0.2) is 47.3 Å². The van der Waals surface area contributed by atoms with Crippen molar-refractivity contribution in [1.29, 1.82) is 0 Å². The largest absolute Gasteiger partial charge is 0.508 e. The van der Waals surface area contributed by atoms with Gasteiger partial charge >= 0.3 is 0 Å². The van der Waals surface area contributed by atoms with E-state index in [9.17, 15) is 24.9 Å². The number of carbonyl (C=O) groups excluding carboxylic acids is 1. The van der Waals surface area contributed by atoms with Crippen LogP contribution < -0.4 is 10.2 Å². The molecular formula is C34H38N4O7. The molecule has 4 aromatic rings. The van der Waals surface area contributed by atoms with Crippen LogP contribution >= 0.6 is 0 Å². The number of aromatic hydroxyl groups is 3. The van der Waals surface area contributed by atoms with Crippen molar-refractivity contribution in [1.82, 2.24) is 19.6 Å². The molecule has 3 N–H and O–H groups in total. The molecule has 0 aliphatic carbocycles. The van der Waals surface area contributed by atoms with Crippen molar-refractivity contribution in [3.8, 4) is 23.0 Å². The molecule has 0 aliphatic heterocycles. The second-order valence-corrected chi connectivity index (χ2v) is 10.9. The van der Waals surface area contributed by atoms with E-state index in [0.717, 1.165) is 24.0 Å². The van der Waals surface area contributed by atoms with Crippen LogP contribution in [0.4, 0.5) is 0 Å². The summed E-state index contributed by atoms with van der Waals surface area (Å²) >= 11 is 0.